The minimum atomic E-state index is -3.44. The van der Waals surface area contributed by atoms with Gasteiger partial charge in [0.05, 0.1) is 24.5 Å². The van der Waals surface area contributed by atoms with Crippen molar-refractivity contribution >= 4 is 21.6 Å². The average Bonchev–Trinajstić information content (AvgIpc) is 2.78. The molecular weight excluding hydrogens is 408 g/mol. The molecule has 0 aliphatic heterocycles. The molecule has 31 heavy (non-hydrogen) atoms. The fraction of sp³-hybridized carbons (Fsp3) is 0.240. The predicted octanol–water partition coefficient (Wildman–Crippen LogP) is 4.46. The van der Waals surface area contributed by atoms with Crippen LogP contribution < -0.4 is 9.62 Å². The van der Waals surface area contributed by atoms with Gasteiger partial charge >= 0.3 is 0 Å². The van der Waals surface area contributed by atoms with E-state index in [1.807, 2.05) is 42.5 Å². The largest absolute Gasteiger partial charge is 0.345 e. The van der Waals surface area contributed by atoms with Gasteiger partial charge in [0.1, 0.15) is 0 Å². The number of para-hydroxylation sites is 1. The van der Waals surface area contributed by atoms with Crippen molar-refractivity contribution in [1.82, 2.24) is 5.32 Å². The van der Waals surface area contributed by atoms with E-state index in [0.29, 0.717) is 11.3 Å². The summed E-state index contributed by atoms with van der Waals surface area (Å²) in [6.45, 7) is 0.209. The molecule has 0 saturated carbocycles. The van der Waals surface area contributed by atoms with Gasteiger partial charge in [-0.15, -0.1) is 0 Å². The van der Waals surface area contributed by atoms with E-state index in [1.165, 1.54) is 21.7 Å². The molecule has 0 radical (unpaired) electrons. The molecule has 1 amide bonds. The first-order chi connectivity index (χ1) is 14.9. The van der Waals surface area contributed by atoms with Gasteiger partial charge in [-0.2, -0.15) is 0 Å². The quantitative estimate of drug-likeness (QED) is 0.623. The van der Waals surface area contributed by atoms with Crippen LogP contribution in [0, 0.1) is 0 Å². The molecule has 3 aromatic carbocycles. The number of rotatable bonds is 6. The Bertz CT molecular complexity index is 1160. The number of nitrogens with one attached hydrogen (secondary N) is 1. The number of aryl methyl sites for hydroxylation is 1. The molecule has 4 rings (SSSR count). The molecule has 6 heteroatoms. The van der Waals surface area contributed by atoms with Gasteiger partial charge in [0.15, 0.2) is 0 Å². The first-order valence-electron chi connectivity index (χ1n) is 10.4. The van der Waals surface area contributed by atoms with E-state index in [1.54, 1.807) is 24.3 Å². The van der Waals surface area contributed by atoms with Crippen LogP contribution in [0.15, 0.2) is 78.9 Å². The van der Waals surface area contributed by atoms with Crippen LogP contribution >= 0.6 is 0 Å². The minimum Gasteiger partial charge on any atom is -0.345 e. The molecule has 0 spiro atoms. The van der Waals surface area contributed by atoms with E-state index >= 15 is 0 Å². The van der Waals surface area contributed by atoms with Gasteiger partial charge < -0.3 is 5.32 Å². The van der Waals surface area contributed by atoms with Crippen molar-refractivity contribution in [2.75, 3.05) is 10.6 Å². The van der Waals surface area contributed by atoms with Gasteiger partial charge in [-0.25, -0.2) is 8.42 Å². The second-order valence-corrected chi connectivity index (χ2v) is 9.83. The Morgan fingerprint density at radius 1 is 0.968 bits per heavy atom. The average molecular weight is 435 g/mol. The third-order valence-electron chi connectivity index (χ3n) is 5.66. The maximum Gasteiger partial charge on any atom is 0.251 e. The number of carbonyl (C=O) groups excluding carboxylic acids is 1. The third kappa shape index (κ3) is 4.97. The second kappa shape index (κ2) is 8.94. The Morgan fingerprint density at radius 2 is 1.65 bits per heavy atom. The number of fused-ring (bicyclic) bond motifs is 1. The Hall–Kier alpha value is -3.12. The van der Waals surface area contributed by atoms with Gasteiger partial charge in [0.2, 0.25) is 10.0 Å². The van der Waals surface area contributed by atoms with Crippen molar-refractivity contribution in [2.45, 2.75) is 31.8 Å². The highest BCUT2D eigenvalue weighted by atomic mass is 32.2. The molecule has 0 unspecified atom stereocenters. The number of amides is 1. The van der Waals surface area contributed by atoms with E-state index in [4.69, 9.17) is 0 Å². The number of benzene rings is 3. The molecule has 3 aromatic rings. The van der Waals surface area contributed by atoms with Crippen LogP contribution in [0.1, 0.15) is 45.9 Å². The lowest BCUT2D eigenvalue weighted by Crippen LogP contribution is -2.31. The number of hydrogen-bond acceptors (Lipinski definition) is 3. The Morgan fingerprint density at radius 3 is 2.35 bits per heavy atom. The van der Waals surface area contributed by atoms with Crippen LogP contribution in [0.5, 0.6) is 0 Å². The van der Waals surface area contributed by atoms with Crippen LogP contribution in [0.4, 0.5) is 5.69 Å². The first kappa shape index (κ1) is 21.1. The van der Waals surface area contributed by atoms with Gasteiger partial charge in [-0.05, 0) is 60.2 Å². The van der Waals surface area contributed by atoms with Crippen LogP contribution in [-0.4, -0.2) is 20.6 Å². The van der Waals surface area contributed by atoms with Gasteiger partial charge in [-0.1, -0.05) is 54.6 Å². The fourth-order valence-electron chi connectivity index (χ4n) is 4.07. The maximum absolute atomic E-state index is 12.8. The number of hydrogen-bond donors (Lipinski definition) is 1. The second-order valence-electron chi connectivity index (χ2n) is 7.92. The van der Waals surface area contributed by atoms with Crippen molar-refractivity contribution in [1.29, 1.82) is 0 Å². The highest BCUT2D eigenvalue weighted by molar-refractivity contribution is 7.92. The molecule has 1 aliphatic carbocycles. The Kier molecular flexibility index (Phi) is 6.09. The van der Waals surface area contributed by atoms with Crippen LogP contribution in [0.2, 0.25) is 0 Å². The SMILES string of the molecule is CS(=O)(=O)N(Cc1ccc(C(=O)N[C@H]2CCCc3ccccc32)cc1)c1ccccc1. The Labute approximate surface area is 183 Å². The van der Waals surface area contributed by atoms with Gasteiger partial charge in [0, 0.05) is 5.56 Å². The van der Waals surface area contributed by atoms with Crippen molar-refractivity contribution in [3.8, 4) is 0 Å². The number of carbonyl (C=O) groups is 1. The van der Waals surface area contributed by atoms with Crippen LogP contribution in [-0.2, 0) is 23.0 Å². The normalized spacial score (nSPS) is 15.7. The number of sulfonamides is 1. The van der Waals surface area contributed by atoms with Crippen molar-refractivity contribution in [2.24, 2.45) is 0 Å². The van der Waals surface area contributed by atoms with Gasteiger partial charge in [0.25, 0.3) is 5.91 Å². The summed E-state index contributed by atoms with van der Waals surface area (Å²) in [5.74, 6) is -0.115. The molecule has 160 valence electrons. The molecule has 0 fully saturated rings. The molecule has 0 saturated heterocycles. The summed E-state index contributed by atoms with van der Waals surface area (Å²) in [7, 11) is -3.44. The smallest absolute Gasteiger partial charge is 0.251 e. The summed E-state index contributed by atoms with van der Waals surface area (Å²) in [5.41, 5.74) is 4.50. The van der Waals surface area contributed by atoms with E-state index in [9.17, 15) is 13.2 Å². The van der Waals surface area contributed by atoms with Crippen LogP contribution in [0.25, 0.3) is 0 Å². The van der Waals surface area contributed by atoms with Crippen LogP contribution in [0.3, 0.4) is 0 Å². The van der Waals surface area contributed by atoms with Crippen molar-refractivity contribution < 1.29 is 13.2 Å². The number of anilines is 1. The lowest BCUT2D eigenvalue weighted by atomic mass is 9.87. The molecule has 0 bridgehead atoms. The van der Waals surface area contributed by atoms with Gasteiger partial charge in [-0.3, -0.25) is 9.10 Å². The number of nitrogens with zero attached hydrogens (tertiary/aromatic N) is 1. The minimum absolute atomic E-state index is 0.0240. The lowest BCUT2D eigenvalue weighted by molar-refractivity contribution is 0.0932. The third-order valence-corrected chi connectivity index (χ3v) is 6.80. The summed E-state index contributed by atoms with van der Waals surface area (Å²) in [6, 6.07) is 24.4. The molecule has 5 nitrogen and oxygen atoms in total. The molecule has 1 N–H and O–H groups in total. The molecule has 1 atom stereocenters. The molecular formula is C25H26N2O3S. The summed E-state index contributed by atoms with van der Waals surface area (Å²) in [5, 5.41) is 3.16. The highest BCUT2D eigenvalue weighted by Crippen LogP contribution is 2.29. The highest BCUT2D eigenvalue weighted by Gasteiger charge is 2.22. The van der Waals surface area contributed by atoms with E-state index in [2.05, 4.69) is 17.4 Å². The fourth-order valence-corrected chi connectivity index (χ4v) is 4.96. The lowest BCUT2D eigenvalue weighted by Gasteiger charge is -2.26. The summed E-state index contributed by atoms with van der Waals surface area (Å²) in [6.07, 6.45) is 4.24. The zero-order valence-corrected chi connectivity index (χ0v) is 18.3. The van der Waals surface area contributed by atoms with E-state index < -0.39 is 10.0 Å². The molecule has 0 aromatic heterocycles. The molecule has 1 aliphatic rings. The van der Waals surface area contributed by atoms with E-state index in [-0.39, 0.29) is 18.5 Å². The first-order valence-corrected chi connectivity index (χ1v) is 12.3. The van der Waals surface area contributed by atoms with Crippen molar-refractivity contribution in [3.63, 3.8) is 0 Å². The van der Waals surface area contributed by atoms with E-state index in [0.717, 1.165) is 24.8 Å². The zero-order chi connectivity index (χ0) is 21.8. The summed E-state index contributed by atoms with van der Waals surface area (Å²) in [4.78, 5) is 12.8. The summed E-state index contributed by atoms with van der Waals surface area (Å²) < 4.78 is 26.0. The van der Waals surface area contributed by atoms with Crippen molar-refractivity contribution in [3.05, 3.63) is 101 Å². The predicted molar refractivity (Wildman–Crippen MR) is 123 cm³/mol. The monoisotopic (exact) mass is 434 g/mol. The standard InChI is InChI=1S/C25H26N2O3S/c1-31(29,30)27(22-10-3-2-4-11-22)18-19-14-16-21(17-15-19)25(28)26-24-13-7-9-20-8-5-6-12-23(20)24/h2-6,8,10-12,14-17,24H,7,9,13,18H2,1H3,(H,26,28)/t24-/m0/s1. The Balaban J connectivity index is 1.47. The summed E-state index contributed by atoms with van der Waals surface area (Å²) >= 11 is 0. The molecule has 0 heterocycles. The maximum atomic E-state index is 12.8. The zero-order valence-electron chi connectivity index (χ0n) is 17.5. The topological polar surface area (TPSA) is 66.5 Å².